The van der Waals surface area contributed by atoms with Crippen LogP contribution in [0.1, 0.15) is 13.8 Å². The predicted octanol–water partition coefficient (Wildman–Crippen LogP) is -0.458. The zero-order valence-corrected chi connectivity index (χ0v) is 6.09. The fourth-order valence-electron chi connectivity index (χ4n) is 1.05. The van der Waals surface area contributed by atoms with E-state index in [0.29, 0.717) is 12.1 Å². The Bertz CT molecular complexity index is 94.3. The lowest BCUT2D eigenvalue weighted by molar-refractivity contribution is 0.149. The predicted molar refractivity (Wildman–Crippen MR) is 37.8 cm³/mol. The van der Waals surface area contributed by atoms with Crippen molar-refractivity contribution in [1.29, 1.82) is 0 Å². The number of piperazine rings is 1. The van der Waals surface area contributed by atoms with Gasteiger partial charge in [-0.1, -0.05) is 0 Å². The zero-order valence-electron chi connectivity index (χ0n) is 6.09. The maximum atomic E-state index is 5.66. The first kappa shape index (κ1) is 6.99. The SMILES string of the molecule is CC1CN(N)C(C)CN1. The molecule has 2 unspecified atom stereocenters. The third kappa shape index (κ3) is 1.64. The normalized spacial score (nSPS) is 39.0. The van der Waals surface area contributed by atoms with E-state index in [4.69, 9.17) is 5.84 Å². The van der Waals surface area contributed by atoms with Gasteiger partial charge in [0.15, 0.2) is 0 Å². The molecule has 1 fully saturated rings. The summed E-state index contributed by atoms with van der Waals surface area (Å²) in [4.78, 5) is 0. The van der Waals surface area contributed by atoms with Crippen molar-refractivity contribution >= 4 is 0 Å². The molecule has 0 bridgehead atoms. The Kier molecular flexibility index (Phi) is 2.05. The molecule has 1 aliphatic heterocycles. The fourth-order valence-corrected chi connectivity index (χ4v) is 1.05. The molecular formula is C6H15N3. The molecule has 0 radical (unpaired) electrons. The minimum absolute atomic E-state index is 0.487. The smallest absolute Gasteiger partial charge is 0.0338 e. The van der Waals surface area contributed by atoms with Gasteiger partial charge in [-0.2, -0.15) is 0 Å². The molecular weight excluding hydrogens is 114 g/mol. The first-order valence-corrected chi connectivity index (χ1v) is 3.45. The van der Waals surface area contributed by atoms with Gasteiger partial charge in [0.2, 0.25) is 0 Å². The average molecular weight is 129 g/mol. The summed E-state index contributed by atoms with van der Waals surface area (Å²) in [5.74, 6) is 5.66. The lowest BCUT2D eigenvalue weighted by Crippen LogP contribution is -2.57. The Labute approximate surface area is 56.2 Å². The van der Waals surface area contributed by atoms with Gasteiger partial charge < -0.3 is 5.32 Å². The van der Waals surface area contributed by atoms with Gasteiger partial charge >= 0.3 is 0 Å². The van der Waals surface area contributed by atoms with Crippen LogP contribution >= 0.6 is 0 Å². The largest absolute Gasteiger partial charge is 0.311 e. The van der Waals surface area contributed by atoms with Crippen LogP contribution in [0.4, 0.5) is 0 Å². The highest BCUT2D eigenvalue weighted by atomic mass is 15.4. The monoisotopic (exact) mass is 129 g/mol. The van der Waals surface area contributed by atoms with Crippen molar-refractivity contribution in [3.8, 4) is 0 Å². The Hall–Kier alpha value is -0.120. The van der Waals surface area contributed by atoms with Crippen molar-refractivity contribution in [2.75, 3.05) is 13.1 Å². The summed E-state index contributed by atoms with van der Waals surface area (Å²) in [7, 11) is 0. The van der Waals surface area contributed by atoms with E-state index in [1.807, 2.05) is 5.01 Å². The minimum atomic E-state index is 0.487. The van der Waals surface area contributed by atoms with E-state index in [2.05, 4.69) is 19.2 Å². The van der Waals surface area contributed by atoms with Crippen molar-refractivity contribution in [3.05, 3.63) is 0 Å². The van der Waals surface area contributed by atoms with Crippen LogP contribution in [0.3, 0.4) is 0 Å². The van der Waals surface area contributed by atoms with E-state index in [1.54, 1.807) is 0 Å². The fraction of sp³-hybridized carbons (Fsp3) is 1.00. The third-order valence-corrected chi connectivity index (χ3v) is 1.81. The molecule has 0 aliphatic carbocycles. The van der Waals surface area contributed by atoms with Crippen LogP contribution in [0, 0.1) is 0 Å². The van der Waals surface area contributed by atoms with E-state index >= 15 is 0 Å². The Morgan fingerprint density at radius 3 is 2.67 bits per heavy atom. The summed E-state index contributed by atoms with van der Waals surface area (Å²) in [6, 6.07) is 1.03. The van der Waals surface area contributed by atoms with Gasteiger partial charge in [0.25, 0.3) is 0 Å². The number of nitrogens with one attached hydrogen (secondary N) is 1. The Morgan fingerprint density at radius 1 is 1.56 bits per heavy atom. The van der Waals surface area contributed by atoms with Crippen molar-refractivity contribution < 1.29 is 0 Å². The number of rotatable bonds is 0. The van der Waals surface area contributed by atoms with Gasteiger partial charge in [-0.15, -0.1) is 0 Å². The Morgan fingerprint density at radius 2 is 2.22 bits per heavy atom. The summed E-state index contributed by atoms with van der Waals surface area (Å²) in [6.45, 7) is 6.24. The van der Waals surface area contributed by atoms with Crippen LogP contribution in [-0.2, 0) is 0 Å². The minimum Gasteiger partial charge on any atom is -0.311 e. The van der Waals surface area contributed by atoms with E-state index < -0.39 is 0 Å². The molecule has 1 aliphatic rings. The Balaban J connectivity index is 2.35. The highest BCUT2D eigenvalue weighted by Gasteiger charge is 2.18. The maximum absolute atomic E-state index is 5.66. The molecule has 0 aromatic carbocycles. The standard InChI is InChI=1S/C6H15N3/c1-5-4-9(7)6(2)3-8-5/h5-6,8H,3-4,7H2,1-2H3. The molecule has 1 rings (SSSR count). The van der Waals surface area contributed by atoms with E-state index in [0.717, 1.165) is 13.1 Å². The van der Waals surface area contributed by atoms with Crippen molar-refractivity contribution in [2.24, 2.45) is 5.84 Å². The van der Waals surface area contributed by atoms with Gasteiger partial charge in [0.1, 0.15) is 0 Å². The first-order valence-electron chi connectivity index (χ1n) is 3.45. The van der Waals surface area contributed by atoms with Crippen LogP contribution in [0.2, 0.25) is 0 Å². The van der Waals surface area contributed by atoms with E-state index in [9.17, 15) is 0 Å². The molecule has 9 heavy (non-hydrogen) atoms. The lowest BCUT2D eigenvalue weighted by atomic mass is 10.2. The van der Waals surface area contributed by atoms with Crippen LogP contribution in [0.5, 0.6) is 0 Å². The third-order valence-electron chi connectivity index (χ3n) is 1.81. The van der Waals surface area contributed by atoms with E-state index in [-0.39, 0.29) is 0 Å². The molecule has 0 spiro atoms. The number of hydrogen-bond acceptors (Lipinski definition) is 3. The molecule has 1 heterocycles. The highest BCUT2D eigenvalue weighted by molar-refractivity contribution is 4.77. The molecule has 3 heteroatoms. The topological polar surface area (TPSA) is 41.3 Å². The second-order valence-electron chi connectivity index (χ2n) is 2.86. The first-order chi connectivity index (χ1) is 4.20. The van der Waals surface area contributed by atoms with Crippen molar-refractivity contribution in [1.82, 2.24) is 10.3 Å². The quantitative estimate of drug-likeness (QED) is 0.435. The molecule has 54 valence electrons. The van der Waals surface area contributed by atoms with Gasteiger partial charge in [-0.05, 0) is 13.8 Å². The van der Waals surface area contributed by atoms with Crippen LogP contribution in [-0.4, -0.2) is 30.2 Å². The van der Waals surface area contributed by atoms with Gasteiger partial charge in [-0.25, -0.2) is 5.01 Å². The van der Waals surface area contributed by atoms with E-state index in [1.165, 1.54) is 0 Å². The maximum Gasteiger partial charge on any atom is 0.0338 e. The van der Waals surface area contributed by atoms with Crippen LogP contribution in [0.25, 0.3) is 0 Å². The molecule has 3 nitrogen and oxygen atoms in total. The van der Waals surface area contributed by atoms with Crippen molar-refractivity contribution in [2.45, 2.75) is 25.9 Å². The summed E-state index contributed by atoms with van der Waals surface area (Å²) in [5, 5.41) is 5.23. The second kappa shape index (κ2) is 2.64. The molecule has 2 atom stereocenters. The summed E-state index contributed by atoms with van der Waals surface area (Å²) < 4.78 is 0. The highest BCUT2D eigenvalue weighted by Crippen LogP contribution is 1.99. The average Bonchev–Trinajstić information content (AvgIpc) is 1.80. The van der Waals surface area contributed by atoms with Gasteiger partial charge in [-0.3, -0.25) is 5.84 Å². The summed E-state index contributed by atoms with van der Waals surface area (Å²) >= 11 is 0. The number of hydrazine groups is 1. The van der Waals surface area contributed by atoms with Crippen molar-refractivity contribution in [3.63, 3.8) is 0 Å². The number of hydrogen-bond donors (Lipinski definition) is 2. The molecule has 1 saturated heterocycles. The molecule has 0 saturated carbocycles. The van der Waals surface area contributed by atoms with Crippen LogP contribution in [0.15, 0.2) is 0 Å². The number of nitrogens with zero attached hydrogens (tertiary/aromatic N) is 1. The second-order valence-corrected chi connectivity index (χ2v) is 2.86. The van der Waals surface area contributed by atoms with Crippen LogP contribution < -0.4 is 11.2 Å². The van der Waals surface area contributed by atoms with Gasteiger partial charge in [0.05, 0.1) is 0 Å². The molecule has 0 amide bonds. The molecule has 0 aromatic rings. The molecule has 3 N–H and O–H groups in total. The molecule has 0 aromatic heterocycles. The zero-order chi connectivity index (χ0) is 6.85. The summed E-state index contributed by atoms with van der Waals surface area (Å²) in [5.41, 5.74) is 0. The van der Waals surface area contributed by atoms with Gasteiger partial charge in [0, 0.05) is 25.2 Å². The number of nitrogens with two attached hydrogens (primary N) is 1. The lowest BCUT2D eigenvalue weighted by Gasteiger charge is -2.33. The summed E-state index contributed by atoms with van der Waals surface area (Å²) in [6.07, 6.45) is 0.